The average Bonchev–Trinajstić information content (AvgIpc) is 3.33. The lowest BCUT2D eigenvalue weighted by Gasteiger charge is -2.23. The van der Waals surface area contributed by atoms with Crippen molar-refractivity contribution in [2.45, 2.75) is 26.5 Å². The Balaban J connectivity index is 1.46. The number of ether oxygens (including phenoxy) is 1. The Morgan fingerprint density at radius 2 is 1.94 bits per heavy atom. The Labute approximate surface area is 191 Å². The number of nitrogens with one attached hydrogen (secondary N) is 1. The normalized spacial score (nSPS) is 16.0. The van der Waals surface area contributed by atoms with Gasteiger partial charge in [-0.2, -0.15) is 0 Å². The summed E-state index contributed by atoms with van der Waals surface area (Å²) >= 11 is 11.5. The molecule has 158 valence electrons. The van der Waals surface area contributed by atoms with Crippen LogP contribution in [0.15, 0.2) is 70.8 Å². The fourth-order valence-corrected chi connectivity index (χ4v) is 3.88. The van der Waals surface area contributed by atoms with Crippen LogP contribution in [-0.4, -0.2) is 15.9 Å². The number of benzene rings is 2. The summed E-state index contributed by atoms with van der Waals surface area (Å²) in [6.07, 6.45) is 1.65. The van der Waals surface area contributed by atoms with E-state index in [1.807, 2.05) is 68.4 Å². The van der Waals surface area contributed by atoms with Crippen LogP contribution in [0.2, 0.25) is 5.02 Å². The number of carbonyl (C=O) groups excluding carboxylic acids is 1. The zero-order valence-electron chi connectivity index (χ0n) is 17.1. The smallest absolute Gasteiger partial charge is 0.277 e. The van der Waals surface area contributed by atoms with Crippen LogP contribution in [-0.2, 0) is 11.4 Å². The molecule has 0 radical (unpaired) electrons. The molecule has 1 N–H and O–H groups in total. The molecule has 1 aliphatic heterocycles. The molecule has 0 saturated carbocycles. The van der Waals surface area contributed by atoms with Gasteiger partial charge in [0.2, 0.25) is 0 Å². The van der Waals surface area contributed by atoms with Gasteiger partial charge in [-0.05, 0) is 55.9 Å². The third kappa shape index (κ3) is 4.50. The van der Waals surface area contributed by atoms with E-state index >= 15 is 0 Å². The molecule has 5 nitrogen and oxygen atoms in total. The summed E-state index contributed by atoms with van der Waals surface area (Å²) in [6.45, 7) is 4.10. The molecule has 1 saturated heterocycles. The molecule has 3 aromatic rings. The quantitative estimate of drug-likeness (QED) is 0.387. The summed E-state index contributed by atoms with van der Waals surface area (Å²) in [7, 11) is 0. The van der Waals surface area contributed by atoms with Crippen molar-refractivity contribution < 1.29 is 13.9 Å². The molecule has 1 aliphatic rings. The first kappa shape index (κ1) is 21.2. The van der Waals surface area contributed by atoms with Crippen LogP contribution in [0.25, 0.3) is 6.08 Å². The molecular formula is C24H21ClN2O3S. The number of halogens is 1. The van der Waals surface area contributed by atoms with Gasteiger partial charge in [0.1, 0.15) is 29.6 Å². The number of furan rings is 1. The van der Waals surface area contributed by atoms with Crippen molar-refractivity contribution >= 4 is 40.9 Å². The number of nitrogens with zero attached hydrogens (tertiary/aromatic N) is 1. The van der Waals surface area contributed by atoms with E-state index in [0.717, 1.165) is 11.1 Å². The van der Waals surface area contributed by atoms with Crippen molar-refractivity contribution in [3.05, 3.63) is 94.0 Å². The first-order valence-electron chi connectivity index (χ1n) is 9.82. The topological polar surface area (TPSA) is 54.7 Å². The van der Waals surface area contributed by atoms with E-state index in [1.54, 1.807) is 17.0 Å². The first-order valence-corrected chi connectivity index (χ1v) is 10.6. The van der Waals surface area contributed by atoms with Gasteiger partial charge < -0.3 is 14.5 Å². The Morgan fingerprint density at radius 3 is 2.71 bits per heavy atom. The van der Waals surface area contributed by atoms with E-state index in [4.69, 9.17) is 33.0 Å². The lowest BCUT2D eigenvalue weighted by atomic mass is 10.1. The molecule has 0 spiro atoms. The molecule has 2 aromatic carbocycles. The second-order valence-electron chi connectivity index (χ2n) is 7.21. The zero-order chi connectivity index (χ0) is 22.0. The summed E-state index contributed by atoms with van der Waals surface area (Å²) in [4.78, 5) is 14.5. The van der Waals surface area contributed by atoms with Gasteiger partial charge in [-0.1, -0.05) is 48.0 Å². The van der Waals surface area contributed by atoms with E-state index in [9.17, 15) is 4.79 Å². The van der Waals surface area contributed by atoms with Gasteiger partial charge in [-0.15, -0.1) is 0 Å². The number of hydrogen-bond acceptors (Lipinski definition) is 4. The zero-order valence-corrected chi connectivity index (χ0v) is 18.7. The van der Waals surface area contributed by atoms with Gasteiger partial charge in [0.25, 0.3) is 5.91 Å². The number of rotatable bonds is 6. The highest BCUT2D eigenvalue weighted by Crippen LogP contribution is 2.28. The van der Waals surface area contributed by atoms with Crippen LogP contribution in [0.1, 0.15) is 35.6 Å². The maximum absolute atomic E-state index is 13.0. The average molecular weight is 453 g/mol. The molecule has 1 atom stereocenters. The molecule has 1 aromatic heterocycles. The molecule has 0 aliphatic carbocycles. The van der Waals surface area contributed by atoms with Crippen LogP contribution in [0.5, 0.6) is 5.75 Å². The minimum atomic E-state index is -0.190. The highest BCUT2D eigenvalue weighted by Gasteiger charge is 2.35. The van der Waals surface area contributed by atoms with Gasteiger partial charge >= 0.3 is 0 Å². The molecule has 1 amide bonds. The highest BCUT2D eigenvalue weighted by molar-refractivity contribution is 7.80. The standard InChI is InChI=1S/C24H21ClN2O3S/c1-15-20(25)9-6-10-22(15)29-14-19-12-11-18(30-19)13-21-23(28)27(24(31)26-21)16(2)17-7-4-3-5-8-17/h3-13,16H,14H2,1-2H3,(H,26,31)/b21-13-. The van der Waals surface area contributed by atoms with Gasteiger partial charge in [0, 0.05) is 16.7 Å². The first-order chi connectivity index (χ1) is 14.9. The largest absolute Gasteiger partial charge is 0.485 e. The van der Waals surface area contributed by atoms with Crippen molar-refractivity contribution in [1.82, 2.24) is 10.2 Å². The summed E-state index contributed by atoms with van der Waals surface area (Å²) in [5.41, 5.74) is 2.26. The summed E-state index contributed by atoms with van der Waals surface area (Å²) in [5.74, 6) is 1.68. The maximum atomic E-state index is 13.0. The highest BCUT2D eigenvalue weighted by atomic mass is 35.5. The lowest BCUT2D eigenvalue weighted by molar-refractivity contribution is -0.123. The van der Waals surface area contributed by atoms with Gasteiger partial charge in [0.05, 0.1) is 6.04 Å². The molecule has 1 fully saturated rings. The fourth-order valence-electron chi connectivity index (χ4n) is 3.37. The number of thiocarbonyl (C=S) groups is 1. The molecule has 0 bridgehead atoms. The molecular weight excluding hydrogens is 432 g/mol. The second-order valence-corrected chi connectivity index (χ2v) is 8.00. The predicted molar refractivity (Wildman–Crippen MR) is 125 cm³/mol. The minimum absolute atomic E-state index is 0.180. The van der Waals surface area contributed by atoms with Crippen molar-refractivity contribution in [3.63, 3.8) is 0 Å². The van der Waals surface area contributed by atoms with Crippen molar-refractivity contribution in [3.8, 4) is 5.75 Å². The van der Waals surface area contributed by atoms with Crippen LogP contribution in [0, 0.1) is 6.92 Å². The van der Waals surface area contributed by atoms with Crippen LogP contribution in [0.4, 0.5) is 0 Å². The number of hydrogen-bond donors (Lipinski definition) is 1. The maximum Gasteiger partial charge on any atom is 0.277 e. The van der Waals surface area contributed by atoms with Crippen LogP contribution >= 0.6 is 23.8 Å². The van der Waals surface area contributed by atoms with Crippen molar-refractivity contribution in [2.75, 3.05) is 0 Å². The summed E-state index contributed by atoms with van der Waals surface area (Å²) in [6, 6.07) is 18.7. The summed E-state index contributed by atoms with van der Waals surface area (Å²) < 4.78 is 11.6. The summed E-state index contributed by atoms with van der Waals surface area (Å²) in [5, 5.41) is 4.02. The molecule has 4 rings (SSSR count). The van der Waals surface area contributed by atoms with E-state index < -0.39 is 0 Å². The fraction of sp³-hybridized carbons (Fsp3) is 0.167. The molecule has 1 unspecified atom stereocenters. The third-order valence-corrected chi connectivity index (χ3v) is 5.84. The van der Waals surface area contributed by atoms with Crippen molar-refractivity contribution in [1.29, 1.82) is 0 Å². The van der Waals surface area contributed by atoms with Crippen molar-refractivity contribution in [2.24, 2.45) is 0 Å². The van der Waals surface area contributed by atoms with E-state index in [2.05, 4.69) is 5.32 Å². The van der Waals surface area contributed by atoms with Gasteiger partial charge in [-0.25, -0.2) is 0 Å². The Morgan fingerprint density at radius 1 is 1.16 bits per heavy atom. The Bertz CT molecular complexity index is 1160. The SMILES string of the molecule is Cc1c(Cl)cccc1OCc1ccc(/C=C2\NC(=S)N(C(C)c3ccccc3)C2=O)o1. The number of amides is 1. The monoisotopic (exact) mass is 452 g/mol. The van der Waals surface area contributed by atoms with E-state index in [1.165, 1.54) is 0 Å². The predicted octanol–water partition coefficient (Wildman–Crippen LogP) is 5.64. The van der Waals surface area contributed by atoms with Gasteiger partial charge in [0.15, 0.2) is 5.11 Å². The Kier molecular flexibility index (Phi) is 6.11. The van der Waals surface area contributed by atoms with Crippen LogP contribution < -0.4 is 10.1 Å². The van der Waals surface area contributed by atoms with E-state index in [0.29, 0.717) is 33.1 Å². The van der Waals surface area contributed by atoms with E-state index in [-0.39, 0.29) is 18.6 Å². The van der Waals surface area contributed by atoms with Crippen LogP contribution in [0.3, 0.4) is 0 Å². The molecule has 7 heteroatoms. The second kappa shape index (κ2) is 8.96. The minimum Gasteiger partial charge on any atom is -0.485 e. The number of carbonyl (C=O) groups is 1. The molecule has 2 heterocycles. The Hall–Kier alpha value is -3.09. The molecule has 31 heavy (non-hydrogen) atoms. The third-order valence-electron chi connectivity index (χ3n) is 5.14. The van der Waals surface area contributed by atoms with Gasteiger partial charge in [-0.3, -0.25) is 9.69 Å². The lowest BCUT2D eigenvalue weighted by Crippen LogP contribution is -2.33.